The number of amides is 1. The normalized spacial score (nSPS) is 24.1. The second kappa shape index (κ2) is 5.49. The molecule has 19 heavy (non-hydrogen) atoms. The van der Waals surface area contributed by atoms with Crippen molar-refractivity contribution in [3.63, 3.8) is 0 Å². The maximum absolute atomic E-state index is 12.2. The molecule has 4 nitrogen and oxygen atoms in total. The summed E-state index contributed by atoms with van der Waals surface area (Å²) in [7, 11) is 0. The number of nitrogens with one attached hydrogen (secondary N) is 1. The van der Waals surface area contributed by atoms with Gasteiger partial charge in [-0.25, -0.2) is 0 Å². The molecule has 102 valence electrons. The van der Waals surface area contributed by atoms with Crippen molar-refractivity contribution in [2.45, 2.75) is 6.10 Å². The lowest BCUT2D eigenvalue weighted by Crippen LogP contribution is -2.54. The molecule has 0 aliphatic carbocycles. The molecule has 1 N–H and O–H groups in total. The van der Waals surface area contributed by atoms with Crippen LogP contribution in [0.1, 0.15) is 11.7 Å². The Kier molecular flexibility index (Phi) is 3.73. The molecule has 1 amide bonds. The van der Waals surface area contributed by atoms with Gasteiger partial charge < -0.3 is 15.0 Å². The summed E-state index contributed by atoms with van der Waals surface area (Å²) in [6.07, 6.45) is -0.0389. The zero-order valence-corrected chi connectivity index (χ0v) is 11.4. The topological polar surface area (TPSA) is 41.6 Å². The van der Waals surface area contributed by atoms with Crippen molar-refractivity contribution in [2.24, 2.45) is 5.92 Å². The van der Waals surface area contributed by atoms with Crippen molar-refractivity contribution in [1.29, 1.82) is 0 Å². The predicted octanol–water partition coefficient (Wildman–Crippen LogP) is 1.46. The highest BCUT2D eigenvalue weighted by Gasteiger charge is 2.32. The fraction of sp³-hybridized carbons (Fsp3) is 0.500. The highest BCUT2D eigenvalue weighted by molar-refractivity contribution is 6.30. The number of carbonyl (C=O) groups excluding carboxylic acids is 1. The van der Waals surface area contributed by atoms with Gasteiger partial charge in [-0.2, -0.15) is 0 Å². The Bertz CT molecular complexity index is 459. The fourth-order valence-corrected chi connectivity index (χ4v) is 2.58. The Morgan fingerprint density at radius 2 is 2.05 bits per heavy atom. The van der Waals surface area contributed by atoms with Crippen LogP contribution in [0.15, 0.2) is 24.3 Å². The number of halogens is 1. The molecule has 1 unspecified atom stereocenters. The lowest BCUT2D eigenvalue weighted by molar-refractivity contribution is -0.144. The van der Waals surface area contributed by atoms with E-state index in [0.717, 1.165) is 18.7 Å². The monoisotopic (exact) mass is 280 g/mol. The second-order valence-corrected chi connectivity index (χ2v) is 5.49. The number of ether oxygens (including phenoxy) is 1. The summed E-state index contributed by atoms with van der Waals surface area (Å²) in [6.45, 7) is 3.54. The molecule has 0 radical (unpaired) electrons. The van der Waals surface area contributed by atoms with Gasteiger partial charge in [0.25, 0.3) is 0 Å². The van der Waals surface area contributed by atoms with E-state index in [9.17, 15) is 4.79 Å². The van der Waals surface area contributed by atoms with Crippen LogP contribution in [0.4, 0.5) is 0 Å². The zero-order chi connectivity index (χ0) is 13.2. The third-order valence-corrected chi connectivity index (χ3v) is 4.00. The molecule has 2 saturated heterocycles. The highest BCUT2D eigenvalue weighted by atomic mass is 35.5. The standard InChI is InChI=1S/C14H17ClN2O2/c15-12-3-1-10(2-4-12)13-9-17(5-6-19-13)14(18)11-7-16-8-11/h1-4,11,13,16H,5-9H2. The SMILES string of the molecule is O=C(C1CNC1)N1CCOC(c2ccc(Cl)cc2)C1. The predicted molar refractivity (Wildman–Crippen MR) is 73.1 cm³/mol. The summed E-state index contributed by atoms with van der Waals surface area (Å²) in [5.74, 6) is 0.407. The molecule has 1 aromatic carbocycles. The van der Waals surface area contributed by atoms with E-state index in [2.05, 4.69) is 5.32 Å². The van der Waals surface area contributed by atoms with Gasteiger partial charge >= 0.3 is 0 Å². The average molecular weight is 281 g/mol. The molecule has 2 fully saturated rings. The van der Waals surface area contributed by atoms with E-state index >= 15 is 0 Å². The molecule has 0 saturated carbocycles. The Morgan fingerprint density at radius 3 is 2.68 bits per heavy atom. The van der Waals surface area contributed by atoms with Crippen LogP contribution in [0.3, 0.4) is 0 Å². The van der Waals surface area contributed by atoms with Gasteiger partial charge in [0.15, 0.2) is 0 Å². The summed E-state index contributed by atoms with van der Waals surface area (Å²) in [5.41, 5.74) is 1.08. The quantitative estimate of drug-likeness (QED) is 0.892. The Morgan fingerprint density at radius 1 is 1.32 bits per heavy atom. The second-order valence-electron chi connectivity index (χ2n) is 5.05. The van der Waals surface area contributed by atoms with Crippen LogP contribution >= 0.6 is 11.6 Å². The molecule has 2 heterocycles. The first-order chi connectivity index (χ1) is 9.24. The van der Waals surface area contributed by atoms with Crippen LogP contribution in [0.25, 0.3) is 0 Å². The van der Waals surface area contributed by atoms with E-state index in [1.54, 1.807) is 0 Å². The zero-order valence-electron chi connectivity index (χ0n) is 10.6. The third kappa shape index (κ3) is 2.76. The van der Waals surface area contributed by atoms with E-state index in [0.29, 0.717) is 24.7 Å². The van der Waals surface area contributed by atoms with Gasteiger partial charge in [0.05, 0.1) is 19.1 Å². The van der Waals surface area contributed by atoms with Gasteiger partial charge in [0.1, 0.15) is 6.10 Å². The minimum atomic E-state index is -0.0389. The first-order valence-electron chi connectivity index (χ1n) is 6.60. The Labute approximate surface area is 117 Å². The molecule has 1 aromatic rings. The number of benzene rings is 1. The van der Waals surface area contributed by atoms with Crippen LogP contribution < -0.4 is 5.32 Å². The molecule has 3 rings (SSSR count). The molecule has 0 aromatic heterocycles. The number of nitrogens with zero attached hydrogens (tertiary/aromatic N) is 1. The largest absolute Gasteiger partial charge is 0.370 e. The smallest absolute Gasteiger partial charge is 0.228 e. The van der Waals surface area contributed by atoms with E-state index < -0.39 is 0 Å². The Balaban J connectivity index is 1.67. The van der Waals surface area contributed by atoms with Crippen LogP contribution in [0.5, 0.6) is 0 Å². The number of morpholine rings is 1. The van der Waals surface area contributed by atoms with Crippen LogP contribution in [0, 0.1) is 5.92 Å². The molecular weight excluding hydrogens is 264 g/mol. The minimum Gasteiger partial charge on any atom is -0.370 e. The van der Waals surface area contributed by atoms with Crippen molar-refractivity contribution in [3.05, 3.63) is 34.9 Å². The molecule has 2 aliphatic rings. The highest BCUT2D eigenvalue weighted by Crippen LogP contribution is 2.24. The molecular formula is C14H17ClN2O2. The summed E-state index contributed by atoms with van der Waals surface area (Å²) < 4.78 is 5.76. The first-order valence-corrected chi connectivity index (χ1v) is 6.98. The Hall–Kier alpha value is -1.10. The van der Waals surface area contributed by atoms with Crippen molar-refractivity contribution in [3.8, 4) is 0 Å². The molecule has 2 aliphatic heterocycles. The van der Waals surface area contributed by atoms with Crippen molar-refractivity contribution in [2.75, 3.05) is 32.8 Å². The van der Waals surface area contributed by atoms with E-state index in [-0.39, 0.29) is 17.9 Å². The van der Waals surface area contributed by atoms with E-state index in [4.69, 9.17) is 16.3 Å². The molecule has 1 atom stereocenters. The summed E-state index contributed by atoms with van der Waals surface area (Å²) in [6, 6.07) is 7.64. The van der Waals surface area contributed by atoms with Crippen molar-refractivity contribution >= 4 is 17.5 Å². The van der Waals surface area contributed by atoms with Gasteiger partial charge in [0.2, 0.25) is 5.91 Å². The third-order valence-electron chi connectivity index (χ3n) is 3.75. The summed E-state index contributed by atoms with van der Waals surface area (Å²) >= 11 is 5.89. The van der Waals surface area contributed by atoms with Gasteiger partial charge in [-0.1, -0.05) is 23.7 Å². The van der Waals surface area contributed by atoms with E-state index in [1.165, 1.54) is 0 Å². The van der Waals surface area contributed by atoms with Gasteiger partial charge in [-0.15, -0.1) is 0 Å². The molecule has 0 bridgehead atoms. The van der Waals surface area contributed by atoms with Crippen molar-refractivity contribution in [1.82, 2.24) is 10.2 Å². The summed E-state index contributed by atoms with van der Waals surface area (Å²) in [4.78, 5) is 14.1. The minimum absolute atomic E-state index is 0.0389. The lowest BCUT2D eigenvalue weighted by atomic mass is 10.0. The summed E-state index contributed by atoms with van der Waals surface area (Å²) in [5, 5.41) is 3.85. The first kappa shape index (κ1) is 12.9. The maximum Gasteiger partial charge on any atom is 0.228 e. The fourth-order valence-electron chi connectivity index (χ4n) is 2.45. The molecule has 0 spiro atoms. The number of hydrogen-bond acceptors (Lipinski definition) is 3. The lowest BCUT2D eigenvalue weighted by Gasteiger charge is -2.37. The van der Waals surface area contributed by atoms with Crippen LogP contribution in [-0.4, -0.2) is 43.6 Å². The number of rotatable bonds is 2. The van der Waals surface area contributed by atoms with Crippen molar-refractivity contribution < 1.29 is 9.53 Å². The number of carbonyl (C=O) groups is 1. The number of hydrogen-bond donors (Lipinski definition) is 1. The van der Waals surface area contributed by atoms with Gasteiger partial charge in [0, 0.05) is 24.7 Å². The van der Waals surface area contributed by atoms with E-state index in [1.807, 2.05) is 29.2 Å². The van der Waals surface area contributed by atoms with Gasteiger partial charge in [-0.05, 0) is 17.7 Å². The van der Waals surface area contributed by atoms with Crippen LogP contribution in [-0.2, 0) is 9.53 Å². The molecule has 5 heteroatoms. The maximum atomic E-state index is 12.2. The van der Waals surface area contributed by atoms with Gasteiger partial charge in [-0.3, -0.25) is 4.79 Å². The van der Waals surface area contributed by atoms with Crippen LogP contribution in [0.2, 0.25) is 5.02 Å². The average Bonchev–Trinajstić information content (AvgIpc) is 2.38.